The molecule has 1 saturated heterocycles. The Morgan fingerprint density at radius 2 is 1.95 bits per heavy atom. The summed E-state index contributed by atoms with van der Waals surface area (Å²) in [4.78, 5) is 37.6. The van der Waals surface area contributed by atoms with Gasteiger partial charge < -0.3 is 15.0 Å². The number of rotatable bonds is 5. The molecular weight excluding hydrogens is 272 g/mol. The normalized spacial score (nSPS) is 23.3. The summed E-state index contributed by atoms with van der Waals surface area (Å²) in [5, 5.41) is 2.69. The molecule has 6 heteroatoms. The molecular formula is C15H24N2O4. The monoisotopic (exact) mass is 296 g/mol. The summed E-state index contributed by atoms with van der Waals surface area (Å²) in [6, 6.07) is -0.646. The maximum Gasteiger partial charge on any atom is 0.328 e. The van der Waals surface area contributed by atoms with Crippen LogP contribution in [0.2, 0.25) is 0 Å². The summed E-state index contributed by atoms with van der Waals surface area (Å²) in [5.41, 5.74) is 0. The van der Waals surface area contributed by atoms with Crippen molar-refractivity contribution in [3.63, 3.8) is 0 Å². The smallest absolute Gasteiger partial charge is 0.328 e. The van der Waals surface area contributed by atoms with E-state index in [4.69, 9.17) is 4.74 Å². The van der Waals surface area contributed by atoms with Gasteiger partial charge in [-0.05, 0) is 39.5 Å². The van der Waals surface area contributed by atoms with E-state index >= 15 is 0 Å². The van der Waals surface area contributed by atoms with E-state index in [1.54, 1.807) is 18.7 Å². The van der Waals surface area contributed by atoms with Crippen LogP contribution in [-0.2, 0) is 19.1 Å². The fourth-order valence-electron chi connectivity index (χ4n) is 2.64. The Labute approximate surface area is 125 Å². The number of carbonyl (C=O) groups is 3. The van der Waals surface area contributed by atoms with Crippen LogP contribution in [0.3, 0.4) is 0 Å². The van der Waals surface area contributed by atoms with Gasteiger partial charge in [0.05, 0.1) is 12.5 Å². The number of likely N-dealkylation sites (tertiary alicyclic amines) is 1. The van der Waals surface area contributed by atoms with Gasteiger partial charge in [0.1, 0.15) is 6.04 Å². The zero-order valence-electron chi connectivity index (χ0n) is 12.8. The summed E-state index contributed by atoms with van der Waals surface area (Å²) in [6.07, 6.45) is 3.55. The summed E-state index contributed by atoms with van der Waals surface area (Å²) in [7, 11) is 0. The zero-order chi connectivity index (χ0) is 15.4. The number of nitrogens with zero attached hydrogens (tertiary/aromatic N) is 1. The van der Waals surface area contributed by atoms with E-state index in [0.29, 0.717) is 13.2 Å². The molecule has 6 nitrogen and oxygen atoms in total. The van der Waals surface area contributed by atoms with Crippen molar-refractivity contribution in [3.05, 3.63) is 0 Å². The largest absolute Gasteiger partial charge is 0.464 e. The third-order valence-corrected chi connectivity index (χ3v) is 4.03. The molecule has 2 aliphatic rings. The van der Waals surface area contributed by atoms with Crippen LogP contribution in [0.25, 0.3) is 0 Å². The highest BCUT2D eigenvalue weighted by Crippen LogP contribution is 2.32. The van der Waals surface area contributed by atoms with E-state index in [2.05, 4.69) is 5.32 Å². The van der Waals surface area contributed by atoms with Crippen molar-refractivity contribution >= 4 is 17.8 Å². The maximum atomic E-state index is 12.2. The molecule has 2 amide bonds. The number of nitrogens with one attached hydrogen (secondary N) is 1. The maximum absolute atomic E-state index is 12.2. The van der Waals surface area contributed by atoms with Crippen molar-refractivity contribution in [2.45, 2.75) is 45.6 Å². The van der Waals surface area contributed by atoms with Crippen molar-refractivity contribution < 1.29 is 19.1 Å². The molecule has 2 rings (SSSR count). The summed E-state index contributed by atoms with van der Waals surface area (Å²) in [6.45, 7) is 4.86. The first-order valence-corrected chi connectivity index (χ1v) is 7.78. The third-order valence-electron chi connectivity index (χ3n) is 4.03. The molecule has 2 unspecified atom stereocenters. The predicted molar refractivity (Wildman–Crippen MR) is 76.3 cm³/mol. The minimum absolute atomic E-state index is 0.163. The highest BCUT2D eigenvalue weighted by atomic mass is 16.5. The van der Waals surface area contributed by atoms with Gasteiger partial charge in [-0.3, -0.25) is 9.59 Å². The molecule has 1 aliphatic heterocycles. The summed E-state index contributed by atoms with van der Waals surface area (Å²) in [5.74, 6) is -0.439. The number of amides is 2. The molecule has 1 heterocycles. The molecule has 2 atom stereocenters. The first-order chi connectivity index (χ1) is 10.0. The molecule has 0 radical (unpaired) electrons. The van der Waals surface area contributed by atoms with Gasteiger partial charge in [-0.2, -0.15) is 0 Å². The Morgan fingerprint density at radius 3 is 2.57 bits per heavy atom. The molecule has 1 saturated carbocycles. The number of piperidine rings is 1. The van der Waals surface area contributed by atoms with E-state index in [0.717, 1.165) is 32.2 Å². The average molecular weight is 296 g/mol. The van der Waals surface area contributed by atoms with Crippen molar-refractivity contribution in [1.29, 1.82) is 0 Å². The average Bonchev–Trinajstić information content (AvgIpc) is 3.31. The minimum atomic E-state index is -0.646. The second-order valence-electron chi connectivity index (χ2n) is 5.88. The lowest BCUT2D eigenvalue weighted by Gasteiger charge is -2.32. The third kappa shape index (κ3) is 4.19. The van der Waals surface area contributed by atoms with E-state index in [9.17, 15) is 14.4 Å². The number of ether oxygens (including phenoxy) is 1. The topological polar surface area (TPSA) is 75.7 Å². The second-order valence-corrected chi connectivity index (χ2v) is 5.88. The Bertz CT molecular complexity index is 420. The Balaban J connectivity index is 1.83. The molecule has 0 aromatic rings. The zero-order valence-corrected chi connectivity index (χ0v) is 12.8. The molecule has 2 fully saturated rings. The van der Waals surface area contributed by atoms with Gasteiger partial charge in [-0.15, -0.1) is 0 Å². The molecule has 21 heavy (non-hydrogen) atoms. The lowest BCUT2D eigenvalue weighted by Crippen LogP contribution is -2.49. The van der Waals surface area contributed by atoms with E-state index < -0.39 is 12.0 Å². The Morgan fingerprint density at radius 1 is 1.24 bits per heavy atom. The van der Waals surface area contributed by atoms with Gasteiger partial charge in [0, 0.05) is 19.0 Å². The van der Waals surface area contributed by atoms with Gasteiger partial charge in [0.25, 0.3) is 0 Å². The number of hydrogen-bond acceptors (Lipinski definition) is 4. The standard InChI is InChI=1S/C15H24N2O4/c1-3-21-15(20)10(2)16-13(18)12-5-4-8-17(9-12)14(19)11-6-7-11/h10-12H,3-9H2,1-2H3,(H,16,18). The molecule has 1 N–H and O–H groups in total. The predicted octanol–water partition coefficient (Wildman–Crippen LogP) is 0.703. The van der Waals surface area contributed by atoms with Crippen molar-refractivity contribution in [1.82, 2.24) is 10.2 Å². The van der Waals surface area contributed by atoms with Crippen molar-refractivity contribution in [2.75, 3.05) is 19.7 Å². The van der Waals surface area contributed by atoms with Crippen molar-refractivity contribution in [2.24, 2.45) is 11.8 Å². The van der Waals surface area contributed by atoms with Crippen molar-refractivity contribution in [3.8, 4) is 0 Å². The van der Waals surface area contributed by atoms with Crippen LogP contribution in [-0.4, -0.2) is 48.4 Å². The van der Waals surface area contributed by atoms with Crippen LogP contribution in [0.5, 0.6) is 0 Å². The molecule has 0 aromatic carbocycles. The molecule has 0 spiro atoms. The minimum Gasteiger partial charge on any atom is -0.464 e. The summed E-state index contributed by atoms with van der Waals surface area (Å²) >= 11 is 0. The van der Waals surface area contributed by atoms with Gasteiger partial charge >= 0.3 is 5.97 Å². The van der Waals surface area contributed by atoms with Gasteiger partial charge in [0.15, 0.2) is 0 Å². The highest BCUT2D eigenvalue weighted by molar-refractivity contribution is 5.86. The first kappa shape index (κ1) is 15.8. The second kappa shape index (κ2) is 6.91. The van der Waals surface area contributed by atoms with Crippen LogP contribution < -0.4 is 5.32 Å². The Kier molecular flexibility index (Phi) is 5.20. The first-order valence-electron chi connectivity index (χ1n) is 7.78. The van der Waals surface area contributed by atoms with E-state index in [1.807, 2.05) is 0 Å². The van der Waals surface area contributed by atoms with Gasteiger partial charge in [-0.1, -0.05) is 0 Å². The lowest BCUT2D eigenvalue weighted by atomic mass is 9.96. The number of carbonyl (C=O) groups excluding carboxylic acids is 3. The van der Waals surface area contributed by atoms with Crippen LogP contribution in [0.1, 0.15) is 39.5 Å². The fraction of sp³-hybridized carbons (Fsp3) is 0.800. The van der Waals surface area contributed by atoms with Crippen LogP contribution in [0.15, 0.2) is 0 Å². The van der Waals surface area contributed by atoms with Gasteiger partial charge in [0.2, 0.25) is 11.8 Å². The SMILES string of the molecule is CCOC(=O)C(C)NC(=O)C1CCCN(C(=O)C2CC2)C1. The molecule has 0 bridgehead atoms. The molecule has 1 aliphatic carbocycles. The van der Waals surface area contributed by atoms with Crippen LogP contribution in [0, 0.1) is 11.8 Å². The number of esters is 1. The fourth-order valence-corrected chi connectivity index (χ4v) is 2.64. The van der Waals surface area contributed by atoms with Gasteiger partial charge in [-0.25, -0.2) is 4.79 Å². The van der Waals surface area contributed by atoms with E-state index in [1.165, 1.54) is 0 Å². The molecule has 0 aromatic heterocycles. The highest BCUT2D eigenvalue weighted by Gasteiger charge is 2.37. The lowest BCUT2D eigenvalue weighted by molar-refractivity contribution is -0.148. The van der Waals surface area contributed by atoms with E-state index in [-0.39, 0.29) is 23.7 Å². The number of hydrogen-bond donors (Lipinski definition) is 1. The van der Waals surface area contributed by atoms with Crippen LogP contribution in [0.4, 0.5) is 0 Å². The van der Waals surface area contributed by atoms with Crippen LogP contribution >= 0.6 is 0 Å². The molecule has 118 valence electrons. The summed E-state index contributed by atoms with van der Waals surface area (Å²) < 4.78 is 4.87. The Hall–Kier alpha value is -1.59. The quantitative estimate of drug-likeness (QED) is 0.758.